The molecule has 94 heavy (non-hydrogen) atoms. The van der Waals surface area contributed by atoms with Crippen LogP contribution in [0.2, 0.25) is 0 Å². The molecule has 1 aliphatic carbocycles. The molecule has 1 saturated carbocycles. The lowest BCUT2D eigenvalue weighted by atomic mass is 9.81. The lowest BCUT2D eigenvalue weighted by Gasteiger charge is -2.41. The first kappa shape index (κ1) is 75.3. The maximum atomic E-state index is 14.9. The van der Waals surface area contributed by atoms with Gasteiger partial charge in [-0.1, -0.05) is 91.3 Å². The van der Waals surface area contributed by atoms with E-state index in [4.69, 9.17) is 18.9 Å². The van der Waals surface area contributed by atoms with Crippen LogP contribution in [0.25, 0.3) is 0 Å². The number of carbonyl (C=O) groups is 9. The molecule has 6 rings (SSSR count). The number of non-ortho nitro benzene ring substituents is 1. The number of benzene rings is 3. The number of ether oxygens (including phenoxy) is 4. The van der Waals surface area contributed by atoms with Crippen LogP contribution in [0.5, 0.6) is 5.75 Å². The molecule has 25 nitrogen and oxygen atoms in total. The maximum absolute atomic E-state index is 14.9. The molecular weight excluding hydrogens is 1230 g/mol. The van der Waals surface area contributed by atoms with Gasteiger partial charge in [-0.05, 0) is 110 Å². The largest absolute Gasteiger partial charge is 0.487 e. The third-order valence-corrected chi connectivity index (χ3v) is 19.0. The first-order valence-corrected chi connectivity index (χ1v) is 33.1. The fourth-order valence-corrected chi connectivity index (χ4v) is 13.2. The van der Waals surface area contributed by atoms with Crippen molar-refractivity contribution in [1.29, 1.82) is 0 Å². The summed E-state index contributed by atoms with van der Waals surface area (Å²) in [6, 6.07) is 15.5. The van der Waals surface area contributed by atoms with Crippen LogP contribution in [0.15, 0.2) is 72.8 Å². The van der Waals surface area contributed by atoms with E-state index in [1.165, 1.54) is 61.4 Å². The molecule has 2 heterocycles. The minimum absolute atomic E-state index is 0.0442. The average molecular weight is 1330 g/mol. The molecule has 3 fully saturated rings. The molecule has 516 valence electrons. The van der Waals surface area contributed by atoms with Gasteiger partial charge < -0.3 is 55.1 Å². The van der Waals surface area contributed by atoms with Gasteiger partial charge in [-0.25, -0.2) is 4.79 Å². The Hall–Kier alpha value is -7.68. The number of anilines is 1. The lowest BCUT2D eigenvalue weighted by Crippen LogP contribution is -2.60. The van der Waals surface area contributed by atoms with E-state index in [-0.39, 0.29) is 97.0 Å². The molecule has 9 amide bonds. The van der Waals surface area contributed by atoms with Crippen molar-refractivity contribution in [1.82, 2.24) is 35.6 Å². The highest BCUT2D eigenvalue weighted by Gasteiger charge is 2.45. The molecular formula is C68H97N9O16S. The van der Waals surface area contributed by atoms with E-state index >= 15 is 0 Å². The standard InChI is InChI=1S/C68H97N9O16S/c1-13-41(6)60(53(90-11)33-56(79)75-31-17-20-51(75)62(91-12)42(7)63(82)70-43(8)61(81)47-18-15-14-16-19-47)73(9)67(86)58(39(2)3)72-65(84)59(40(4)5)74(10)68(87)93-38-46-25-30-52(92-37-45-23-28-49(29-24-45)77(88)89)50(32-46)71-55(78)35-69-64(83)48-26-21-44(22-27-48)36-76-57(80)34-54(94)66(76)85/h14-16,18-19,23-25,28-30,32,39-44,48,51,53-54,58-62,81,94H,13,17,20-22,26-27,31,33-38H2,1-12H3,(H,69,83)(H,70,82)(H,71,78)(H,72,84)/t41-,42+,43+,44?,48?,51-,53+,54?,58-,59-,60-,61+,62+/m0/s1. The van der Waals surface area contributed by atoms with Crippen LogP contribution in [0.1, 0.15) is 136 Å². The Balaban J connectivity index is 1.08. The number of methoxy groups -OCH3 is 2. The molecule has 3 aromatic rings. The van der Waals surface area contributed by atoms with Crippen molar-refractivity contribution >= 4 is 77.4 Å². The first-order valence-electron chi connectivity index (χ1n) is 32.5. The van der Waals surface area contributed by atoms with Crippen LogP contribution in [-0.2, 0) is 65.8 Å². The first-order chi connectivity index (χ1) is 44.6. The van der Waals surface area contributed by atoms with Crippen molar-refractivity contribution in [3.05, 3.63) is 99.6 Å². The summed E-state index contributed by atoms with van der Waals surface area (Å²) < 4.78 is 23.9. The van der Waals surface area contributed by atoms with Gasteiger partial charge in [-0.2, -0.15) is 12.6 Å². The fraction of sp³-hybridized carbons (Fsp3) is 0.603. The molecule has 1 unspecified atom stereocenters. The number of imide groups is 1. The Labute approximate surface area is 557 Å². The molecule has 0 spiro atoms. The summed E-state index contributed by atoms with van der Waals surface area (Å²) in [5.74, 6) is -5.08. The second-order valence-corrected chi connectivity index (χ2v) is 26.5. The Morgan fingerprint density at radius 1 is 0.809 bits per heavy atom. The van der Waals surface area contributed by atoms with Crippen molar-refractivity contribution in [2.45, 2.75) is 180 Å². The topological polar surface area (TPSA) is 315 Å². The van der Waals surface area contributed by atoms with Gasteiger partial charge in [0.1, 0.15) is 31.0 Å². The van der Waals surface area contributed by atoms with E-state index in [0.29, 0.717) is 68.2 Å². The molecule has 3 aliphatic rings. The monoisotopic (exact) mass is 1330 g/mol. The maximum Gasteiger partial charge on any atom is 0.410 e. The number of rotatable bonds is 32. The number of carbonyl (C=O) groups excluding carboxylic acids is 9. The van der Waals surface area contributed by atoms with Gasteiger partial charge in [0.2, 0.25) is 47.3 Å². The third kappa shape index (κ3) is 19.7. The van der Waals surface area contributed by atoms with E-state index in [2.05, 4.69) is 33.9 Å². The highest BCUT2D eigenvalue weighted by molar-refractivity contribution is 7.81. The van der Waals surface area contributed by atoms with Crippen LogP contribution >= 0.6 is 12.6 Å². The highest BCUT2D eigenvalue weighted by atomic mass is 32.1. The van der Waals surface area contributed by atoms with E-state index < -0.39 is 107 Å². The fourth-order valence-electron chi connectivity index (χ4n) is 12.9. The summed E-state index contributed by atoms with van der Waals surface area (Å²) in [7, 11) is 6.04. The summed E-state index contributed by atoms with van der Waals surface area (Å²) in [6.45, 7) is 14.4. The second-order valence-electron chi connectivity index (χ2n) is 25.9. The number of aliphatic hydroxyl groups is 1. The highest BCUT2D eigenvalue weighted by Crippen LogP contribution is 2.34. The summed E-state index contributed by atoms with van der Waals surface area (Å²) >= 11 is 4.21. The lowest BCUT2D eigenvalue weighted by molar-refractivity contribution is -0.384. The second kappa shape index (κ2) is 35.2. The Morgan fingerprint density at radius 3 is 2.05 bits per heavy atom. The van der Waals surface area contributed by atoms with Gasteiger partial charge in [-0.3, -0.25) is 58.3 Å². The molecule has 2 aliphatic heterocycles. The van der Waals surface area contributed by atoms with Crippen LogP contribution in [-0.4, -0.2) is 179 Å². The number of likely N-dealkylation sites (tertiary alicyclic amines) is 2. The normalized spacial score (nSPS) is 20.2. The smallest absolute Gasteiger partial charge is 0.410 e. The molecule has 11 atom stereocenters. The Kier molecular flexibility index (Phi) is 28.2. The van der Waals surface area contributed by atoms with Gasteiger partial charge in [0.25, 0.3) is 5.69 Å². The van der Waals surface area contributed by atoms with Gasteiger partial charge >= 0.3 is 6.09 Å². The van der Waals surface area contributed by atoms with Gasteiger partial charge in [0, 0.05) is 65.9 Å². The number of likely N-dealkylation sites (N-methyl/N-ethyl adjacent to an activating group) is 2. The number of nitro benzene ring substituents is 1. The van der Waals surface area contributed by atoms with E-state index in [1.54, 1.807) is 77.8 Å². The quantitative estimate of drug-likeness (QED) is 0.0159. The Bertz CT molecular complexity index is 3110. The number of hydrogen-bond donors (Lipinski definition) is 6. The van der Waals surface area contributed by atoms with Crippen molar-refractivity contribution in [2.75, 3.05) is 53.3 Å². The van der Waals surface area contributed by atoms with Gasteiger partial charge in [0.15, 0.2) is 0 Å². The van der Waals surface area contributed by atoms with E-state index in [0.717, 1.165) is 4.90 Å². The number of amides is 9. The van der Waals surface area contributed by atoms with Crippen molar-refractivity contribution < 1.29 is 72.1 Å². The minimum atomic E-state index is -1.13. The van der Waals surface area contributed by atoms with Crippen LogP contribution < -0.4 is 26.0 Å². The number of aliphatic hydroxyl groups excluding tert-OH is 1. The SMILES string of the molecule is CC[C@H](C)[C@@H]([C@@H](CC(=O)N1CCC[C@H]1[C@H](OC)[C@@H](C)C(=O)N[C@H](C)[C@@H](O)c1ccccc1)OC)N(C)C(=O)[C@@H](NC(=O)[C@H](C(C)C)N(C)C(=O)OCc1ccc(OCc2ccc([N+](=O)[O-])cc2)c(NC(=O)CNC(=O)C2CCC(CN3C(=O)CC(S)C3=O)CC2)c1)C(C)C. The third-order valence-electron chi connectivity index (χ3n) is 18.6. The zero-order chi connectivity index (χ0) is 69.2. The van der Waals surface area contributed by atoms with Crippen molar-refractivity contribution in [2.24, 2.45) is 35.5 Å². The molecule has 0 bridgehead atoms. The molecule has 26 heteroatoms. The van der Waals surface area contributed by atoms with Crippen LogP contribution in [0, 0.1) is 45.6 Å². The average Bonchev–Trinajstić information content (AvgIpc) is 1.45. The van der Waals surface area contributed by atoms with Gasteiger partial charge in [-0.15, -0.1) is 0 Å². The molecule has 3 aromatic carbocycles. The number of hydrogen-bond acceptors (Lipinski definition) is 17. The number of nitrogens with one attached hydrogen (secondary N) is 4. The predicted molar refractivity (Wildman–Crippen MR) is 354 cm³/mol. The number of thiol groups is 1. The molecule has 2 saturated heterocycles. The zero-order valence-corrected chi connectivity index (χ0v) is 57.1. The Morgan fingerprint density at radius 2 is 1.47 bits per heavy atom. The molecule has 0 aromatic heterocycles. The van der Waals surface area contributed by atoms with Crippen molar-refractivity contribution in [3.63, 3.8) is 0 Å². The predicted octanol–water partition coefficient (Wildman–Crippen LogP) is 6.98. The zero-order valence-electron chi connectivity index (χ0n) is 56.2. The van der Waals surface area contributed by atoms with Crippen LogP contribution in [0.3, 0.4) is 0 Å². The molecule has 0 radical (unpaired) electrons. The number of nitro groups is 1. The molecule has 5 N–H and O–H groups in total. The van der Waals surface area contributed by atoms with E-state index in [9.17, 15) is 58.4 Å². The summed E-state index contributed by atoms with van der Waals surface area (Å²) in [5, 5.41) is 33.0. The van der Waals surface area contributed by atoms with Gasteiger partial charge in [0.05, 0.1) is 71.2 Å². The summed E-state index contributed by atoms with van der Waals surface area (Å²) in [5.41, 5.74) is 1.69. The minimum Gasteiger partial charge on any atom is -0.487 e. The summed E-state index contributed by atoms with van der Waals surface area (Å²) in [4.78, 5) is 140. The van der Waals surface area contributed by atoms with E-state index in [1.807, 2.05) is 32.0 Å². The van der Waals surface area contributed by atoms with Crippen molar-refractivity contribution in [3.8, 4) is 5.75 Å². The van der Waals surface area contributed by atoms with Crippen LogP contribution in [0.4, 0.5) is 16.2 Å². The summed E-state index contributed by atoms with van der Waals surface area (Å²) in [6.07, 6.45) is 0.774. The number of nitrogens with zero attached hydrogens (tertiary/aromatic N) is 5.